The summed E-state index contributed by atoms with van der Waals surface area (Å²) in [4.78, 5) is 5.05. The number of benzene rings is 10. The largest absolute Gasteiger partial charge is 0.311 e. The van der Waals surface area contributed by atoms with E-state index in [4.69, 9.17) is 0 Å². The van der Waals surface area contributed by atoms with E-state index < -0.39 is 0 Å². The van der Waals surface area contributed by atoms with Crippen LogP contribution >= 0.6 is 0 Å². The van der Waals surface area contributed by atoms with Crippen LogP contribution in [-0.4, -0.2) is 6.71 Å². The fraction of sp³-hybridized carbons (Fsp3) is 0.0164. The van der Waals surface area contributed by atoms with E-state index in [1.165, 1.54) is 94.8 Å². The number of hydrogen-bond donors (Lipinski definition) is 0. The monoisotopic (exact) mass is 814 g/mol. The second-order valence-corrected chi connectivity index (χ2v) is 16.9. The quantitative estimate of drug-likeness (QED) is 0.148. The van der Waals surface area contributed by atoms with Crippen molar-refractivity contribution in [3.8, 4) is 55.6 Å². The van der Waals surface area contributed by atoms with E-state index in [1.54, 1.807) is 0 Å². The maximum Gasteiger partial charge on any atom is 0.252 e. The first-order valence-corrected chi connectivity index (χ1v) is 22.2. The van der Waals surface area contributed by atoms with E-state index in [2.05, 4.69) is 259 Å². The summed E-state index contributed by atoms with van der Waals surface area (Å²) >= 11 is 0. The van der Waals surface area contributed by atoms with E-state index in [1.807, 2.05) is 0 Å². The molecule has 0 bridgehead atoms. The predicted molar refractivity (Wildman–Crippen MR) is 272 cm³/mol. The Kier molecular flexibility index (Phi) is 9.20. The first-order valence-electron chi connectivity index (χ1n) is 22.2. The van der Waals surface area contributed by atoms with Gasteiger partial charge in [-0.25, -0.2) is 0 Å². The molecule has 2 nitrogen and oxygen atoms in total. The number of fused-ring (bicyclic) bond motifs is 4. The Bertz CT molecular complexity index is 3240. The zero-order chi connectivity index (χ0) is 42.6. The summed E-state index contributed by atoms with van der Waals surface area (Å²) in [6.45, 7) is 2.24. The van der Waals surface area contributed by atoms with Gasteiger partial charge in [0.05, 0.1) is 0 Å². The number of aryl methyl sites for hydroxylation is 1. The number of anilines is 6. The number of rotatable bonds is 7. The third-order valence-electron chi connectivity index (χ3n) is 13.1. The van der Waals surface area contributed by atoms with Crippen LogP contribution in [0, 0.1) is 6.92 Å². The van der Waals surface area contributed by atoms with Crippen molar-refractivity contribution in [3.63, 3.8) is 0 Å². The fourth-order valence-corrected chi connectivity index (χ4v) is 10.2. The van der Waals surface area contributed by atoms with Crippen LogP contribution in [0.15, 0.2) is 243 Å². The van der Waals surface area contributed by atoms with Crippen molar-refractivity contribution in [2.45, 2.75) is 6.92 Å². The third kappa shape index (κ3) is 6.36. The van der Waals surface area contributed by atoms with E-state index in [0.717, 1.165) is 16.9 Å². The van der Waals surface area contributed by atoms with E-state index in [9.17, 15) is 0 Å². The lowest BCUT2D eigenvalue weighted by Gasteiger charge is -2.44. The van der Waals surface area contributed by atoms with Gasteiger partial charge in [0.2, 0.25) is 0 Å². The summed E-state index contributed by atoms with van der Waals surface area (Å²) in [7, 11) is 0. The SMILES string of the molecule is Cc1ccc2c(c1)B1c3ccccc3N(c3ccc(-c4ccccc4)cc3)c3cc(-c4c(-c5ccccc5)cccc4-c4ccccc4)cc(c31)N2c1ccc(-c2ccccc2)cc1. The topological polar surface area (TPSA) is 6.48 Å². The predicted octanol–water partition coefficient (Wildman–Crippen LogP) is 14.4. The first kappa shape index (κ1) is 37.6. The molecule has 0 radical (unpaired) electrons. The molecular formula is C61H43BN2. The van der Waals surface area contributed by atoms with Gasteiger partial charge in [0.15, 0.2) is 0 Å². The molecule has 2 heterocycles. The van der Waals surface area contributed by atoms with Crippen molar-refractivity contribution in [2.24, 2.45) is 0 Å². The first-order chi connectivity index (χ1) is 31.7. The van der Waals surface area contributed by atoms with Crippen LogP contribution in [0.3, 0.4) is 0 Å². The molecule has 0 amide bonds. The van der Waals surface area contributed by atoms with Crippen molar-refractivity contribution in [1.82, 2.24) is 0 Å². The average molecular weight is 815 g/mol. The highest BCUT2D eigenvalue weighted by Crippen LogP contribution is 2.49. The number of para-hydroxylation sites is 1. The normalized spacial score (nSPS) is 12.4. The van der Waals surface area contributed by atoms with Crippen molar-refractivity contribution in [2.75, 3.05) is 9.80 Å². The minimum Gasteiger partial charge on any atom is -0.311 e. The average Bonchev–Trinajstić information content (AvgIpc) is 3.37. The van der Waals surface area contributed by atoms with Gasteiger partial charge in [-0.2, -0.15) is 0 Å². The minimum absolute atomic E-state index is 0.0165. The van der Waals surface area contributed by atoms with Gasteiger partial charge in [-0.15, -0.1) is 0 Å². The molecule has 64 heavy (non-hydrogen) atoms. The minimum atomic E-state index is 0.0165. The Morgan fingerprint density at radius 3 is 1.22 bits per heavy atom. The van der Waals surface area contributed by atoms with Crippen LogP contribution in [0.1, 0.15) is 5.56 Å². The zero-order valence-electron chi connectivity index (χ0n) is 35.6. The Morgan fingerprint density at radius 2 is 0.719 bits per heavy atom. The molecule has 0 atom stereocenters. The lowest BCUT2D eigenvalue weighted by molar-refractivity contribution is 1.25. The maximum atomic E-state index is 2.53. The van der Waals surface area contributed by atoms with Crippen LogP contribution in [0.4, 0.5) is 34.1 Å². The Balaban J connectivity index is 1.17. The van der Waals surface area contributed by atoms with Crippen LogP contribution in [0.2, 0.25) is 0 Å². The second kappa shape index (κ2) is 15.6. The number of hydrogen-bond acceptors (Lipinski definition) is 2. The molecular weight excluding hydrogens is 771 g/mol. The highest BCUT2D eigenvalue weighted by atomic mass is 15.2. The van der Waals surface area contributed by atoms with E-state index in [0.29, 0.717) is 0 Å². The summed E-state index contributed by atoms with van der Waals surface area (Å²) in [5, 5.41) is 0. The number of nitrogens with zero attached hydrogens (tertiary/aromatic N) is 2. The molecule has 2 aliphatic heterocycles. The fourth-order valence-electron chi connectivity index (χ4n) is 10.2. The van der Waals surface area contributed by atoms with Crippen molar-refractivity contribution >= 4 is 57.2 Å². The second-order valence-electron chi connectivity index (χ2n) is 16.9. The highest BCUT2D eigenvalue weighted by Gasteiger charge is 2.43. The van der Waals surface area contributed by atoms with Gasteiger partial charge in [0, 0.05) is 34.1 Å². The van der Waals surface area contributed by atoms with Crippen LogP contribution in [0.5, 0.6) is 0 Å². The Labute approximate surface area is 376 Å². The Hall–Kier alpha value is -8.14. The van der Waals surface area contributed by atoms with Crippen molar-refractivity contribution in [3.05, 3.63) is 248 Å². The molecule has 0 N–H and O–H groups in total. The molecule has 2 aliphatic rings. The van der Waals surface area contributed by atoms with Gasteiger partial charge < -0.3 is 9.80 Å². The van der Waals surface area contributed by atoms with Gasteiger partial charge in [0.25, 0.3) is 6.71 Å². The van der Waals surface area contributed by atoms with Gasteiger partial charge in [-0.05, 0) is 127 Å². The van der Waals surface area contributed by atoms with Crippen LogP contribution in [0.25, 0.3) is 55.6 Å². The van der Waals surface area contributed by atoms with Crippen molar-refractivity contribution in [1.29, 1.82) is 0 Å². The summed E-state index contributed by atoms with van der Waals surface area (Å²) < 4.78 is 0. The molecule has 0 spiro atoms. The molecule has 0 saturated heterocycles. The molecule has 0 saturated carbocycles. The molecule has 10 aromatic carbocycles. The van der Waals surface area contributed by atoms with Gasteiger partial charge in [-0.3, -0.25) is 0 Å². The maximum absolute atomic E-state index is 2.53. The smallest absolute Gasteiger partial charge is 0.252 e. The molecule has 300 valence electrons. The highest BCUT2D eigenvalue weighted by molar-refractivity contribution is 7.00. The van der Waals surface area contributed by atoms with Gasteiger partial charge >= 0.3 is 0 Å². The summed E-state index contributed by atoms with van der Waals surface area (Å²) in [5.74, 6) is 0. The van der Waals surface area contributed by atoms with E-state index >= 15 is 0 Å². The van der Waals surface area contributed by atoms with Crippen LogP contribution < -0.4 is 26.2 Å². The lowest BCUT2D eigenvalue weighted by Crippen LogP contribution is -2.61. The summed E-state index contributed by atoms with van der Waals surface area (Å²) in [6.07, 6.45) is 0. The molecule has 0 aromatic heterocycles. The summed E-state index contributed by atoms with van der Waals surface area (Å²) in [6, 6.07) is 89.2. The molecule has 0 fully saturated rings. The van der Waals surface area contributed by atoms with Gasteiger partial charge in [-0.1, -0.05) is 200 Å². The lowest BCUT2D eigenvalue weighted by atomic mass is 9.33. The molecule has 10 aromatic rings. The molecule has 3 heteroatoms. The Morgan fingerprint density at radius 1 is 0.297 bits per heavy atom. The summed E-state index contributed by atoms with van der Waals surface area (Å²) in [5.41, 5.74) is 24.1. The zero-order valence-corrected chi connectivity index (χ0v) is 35.6. The standard InChI is InChI=1S/C61H43BN2/c1-42-29-38-57-55(39-42)62-54-27-14-15-28-56(54)63(50-34-30-45(31-35-50)43-17-6-2-7-18-43)58-40-49(41-59(61(58)62)64(57)51-36-32-46(33-37-51)44-19-8-3-9-20-44)60-52(47-21-10-4-11-22-47)25-16-26-53(60)48-23-12-5-13-24-48/h2-41H,1H3. The molecule has 12 rings (SSSR count). The van der Waals surface area contributed by atoms with Crippen LogP contribution in [-0.2, 0) is 0 Å². The molecule has 0 unspecified atom stereocenters. The van der Waals surface area contributed by atoms with Crippen molar-refractivity contribution < 1.29 is 0 Å². The molecule has 0 aliphatic carbocycles. The van der Waals surface area contributed by atoms with Gasteiger partial charge in [0.1, 0.15) is 0 Å². The third-order valence-corrected chi connectivity index (χ3v) is 13.1. The van der Waals surface area contributed by atoms with E-state index in [-0.39, 0.29) is 6.71 Å².